The van der Waals surface area contributed by atoms with E-state index in [0.29, 0.717) is 36.2 Å². The lowest BCUT2D eigenvalue weighted by Gasteiger charge is -2.45. The van der Waals surface area contributed by atoms with E-state index < -0.39 is 5.54 Å². The van der Waals surface area contributed by atoms with Crippen molar-refractivity contribution in [2.24, 2.45) is 10.9 Å². The number of likely N-dealkylation sites (N-methyl/N-ethyl adjacent to an activating group) is 2. The Hall–Kier alpha value is -2.52. The first-order valence-electron chi connectivity index (χ1n) is 14.0. The van der Waals surface area contributed by atoms with Gasteiger partial charge in [0.2, 0.25) is 5.91 Å². The molecule has 2 aromatic rings. The third kappa shape index (κ3) is 5.52. The zero-order valence-corrected chi connectivity index (χ0v) is 26.7. The molecule has 3 heterocycles. The zero-order chi connectivity index (χ0) is 29.6. The number of rotatable bonds is 8. The van der Waals surface area contributed by atoms with Crippen molar-refractivity contribution in [3.63, 3.8) is 0 Å². The predicted octanol–water partition coefficient (Wildman–Crippen LogP) is 5.86. The Labute approximate surface area is 257 Å². The molecule has 10 heteroatoms. The summed E-state index contributed by atoms with van der Waals surface area (Å²) in [5, 5.41) is 2.17. The van der Waals surface area contributed by atoms with Gasteiger partial charge in [0.15, 0.2) is 5.17 Å². The van der Waals surface area contributed by atoms with Gasteiger partial charge in [-0.3, -0.25) is 9.59 Å². The molecule has 0 aliphatic carbocycles. The number of allylic oxidation sites excluding steroid dienone is 1. The standard InChI is InChI=1S/C31H37Cl2N5O2S/c1-7-37(24-16-36(17-24)25(39)18-35(5)6)29(40)27-26(19(2)3)38-28(20-8-12-22(32)13-9-20)31(4,34-30(38)41-27)21-10-14-23(33)15-11-21/h8-15,19,24,28H,7,16-18H2,1-6H3. The molecular weight excluding hydrogens is 577 g/mol. The molecule has 1 fully saturated rings. The average molecular weight is 615 g/mol. The molecule has 3 aliphatic rings. The second-order valence-electron chi connectivity index (χ2n) is 11.6. The number of nitrogens with zero attached hydrogens (tertiary/aromatic N) is 5. The normalized spacial score (nSPS) is 22.4. The highest BCUT2D eigenvalue weighted by Gasteiger charge is 2.53. The van der Waals surface area contributed by atoms with Gasteiger partial charge in [0.25, 0.3) is 5.91 Å². The number of likely N-dealkylation sites (tertiary alicyclic amines) is 1. The molecule has 0 saturated carbocycles. The summed E-state index contributed by atoms with van der Waals surface area (Å²) in [6.45, 7) is 10.5. The maximum absolute atomic E-state index is 14.2. The number of hydrogen-bond acceptors (Lipinski definition) is 6. The summed E-state index contributed by atoms with van der Waals surface area (Å²) in [6, 6.07) is 15.6. The van der Waals surface area contributed by atoms with Crippen LogP contribution in [0, 0.1) is 5.92 Å². The molecule has 2 unspecified atom stereocenters. The maximum atomic E-state index is 14.2. The largest absolute Gasteiger partial charge is 0.337 e. The summed E-state index contributed by atoms with van der Waals surface area (Å²) < 4.78 is 0. The summed E-state index contributed by atoms with van der Waals surface area (Å²) in [5.74, 6) is 0.176. The molecule has 2 atom stereocenters. The van der Waals surface area contributed by atoms with E-state index >= 15 is 0 Å². The maximum Gasteiger partial charge on any atom is 0.262 e. The Balaban J connectivity index is 1.50. The first-order valence-corrected chi connectivity index (χ1v) is 15.6. The zero-order valence-electron chi connectivity index (χ0n) is 24.4. The van der Waals surface area contributed by atoms with Crippen LogP contribution >= 0.6 is 35.0 Å². The van der Waals surface area contributed by atoms with Gasteiger partial charge in [-0.2, -0.15) is 0 Å². The number of halogens is 2. The van der Waals surface area contributed by atoms with Crippen LogP contribution in [0.1, 0.15) is 44.9 Å². The van der Waals surface area contributed by atoms with Gasteiger partial charge in [0.05, 0.1) is 18.6 Å². The van der Waals surface area contributed by atoms with E-state index in [1.807, 2.05) is 84.2 Å². The molecule has 3 aliphatic heterocycles. The Morgan fingerprint density at radius 2 is 1.63 bits per heavy atom. The first-order chi connectivity index (χ1) is 19.4. The van der Waals surface area contributed by atoms with Crippen molar-refractivity contribution < 1.29 is 9.59 Å². The van der Waals surface area contributed by atoms with Crippen LogP contribution in [0.15, 0.2) is 64.1 Å². The SMILES string of the molecule is CCN(C(=O)C1=C(C(C)C)N2C(=NC(C)(c3ccc(Cl)cc3)C2c2ccc(Cl)cc2)S1)C1CN(C(=O)CN(C)C)C1. The third-order valence-corrected chi connectivity index (χ3v) is 9.64. The molecule has 0 N–H and O–H groups in total. The van der Waals surface area contributed by atoms with Crippen LogP contribution in [-0.2, 0) is 15.1 Å². The number of amidine groups is 1. The fraction of sp³-hybridized carbons (Fsp3) is 0.452. The van der Waals surface area contributed by atoms with Crippen LogP contribution < -0.4 is 0 Å². The number of benzene rings is 2. The lowest BCUT2D eigenvalue weighted by atomic mass is 9.81. The van der Waals surface area contributed by atoms with Crippen LogP contribution in [0.4, 0.5) is 0 Å². The van der Waals surface area contributed by atoms with Gasteiger partial charge < -0.3 is 19.6 Å². The molecule has 2 aromatic carbocycles. The van der Waals surface area contributed by atoms with E-state index in [-0.39, 0.29) is 29.8 Å². The molecule has 2 amide bonds. The molecule has 5 rings (SSSR count). The highest BCUT2D eigenvalue weighted by atomic mass is 35.5. The highest BCUT2D eigenvalue weighted by Crippen LogP contribution is 2.56. The summed E-state index contributed by atoms with van der Waals surface area (Å²) in [4.78, 5) is 40.6. The van der Waals surface area contributed by atoms with Crippen LogP contribution in [0.5, 0.6) is 0 Å². The minimum atomic E-state index is -0.610. The van der Waals surface area contributed by atoms with Crippen molar-refractivity contribution in [2.45, 2.75) is 45.3 Å². The van der Waals surface area contributed by atoms with Crippen molar-refractivity contribution in [3.8, 4) is 0 Å². The van der Waals surface area contributed by atoms with Gasteiger partial charge in [0, 0.05) is 35.4 Å². The van der Waals surface area contributed by atoms with E-state index in [0.717, 1.165) is 26.9 Å². The topological polar surface area (TPSA) is 59.5 Å². The van der Waals surface area contributed by atoms with Crippen LogP contribution in [0.3, 0.4) is 0 Å². The molecule has 7 nitrogen and oxygen atoms in total. The highest BCUT2D eigenvalue weighted by molar-refractivity contribution is 8.18. The lowest BCUT2D eigenvalue weighted by Crippen LogP contribution is -2.63. The Morgan fingerprint density at radius 3 is 2.17 bits per heavy atom. The molecule has 1 saturated heterocycles. The van der Waals surface area contributed by atoms with E-state index in [1.165, 1.54) is 11.8 Å². The summed E-state index contributed by atoms with van der Waals surface area (Å²) in [6.07, 6.45) is 0. The minimum Gasteiger partial charge on any atom is -0.337 e. The van der Waals surface area contributed by atoms with Gasteiger partial charge >= 0.3 is 0 Å². The number of fused-ring (bicyclic) bond motifs is 1. The molecule has 0 spiro atoms. The number of carbonyl (C=O) groups is 2. The summed E-state index contributed by atoms with van der Waals surface area (Å²) in [5.41, 5.74) is 2.49. The number of carbonyl (C=O) groups excluding carboxylic acids is 2. The number of hydrogen-bond donors (Lipinski definition) is 0. The molecule has 41 heavy (non-hydrogen) atoms. The Kier molecular flexibility index (Phi) is 8.50. The Morgan fingerprint density at radius 1 is 1.05 bits per heavy atom. The monoisotopic (exact) mass is 613 g/mol. The minimum absolute atomic E-state index is 0.00361. The van der Waals surface area contributed by atoms with Crippen molar-refractivity contribution in [1.29, 1.82) is 0 Å². The molecule has 0 bridgehead atoms. The van der Waals surface area contributed by atoms with Crippen molar-refractivity contribution in [2.75, 3.05) is 40.3 Å². The predicted molar refractivity (Wildman–Crippen MR) is 168 cm³/mol. The van der Waals surface area contributed by atoms with Crippen LogP contribution in [-0.4, -0.2) is 82.9 Å². The first kappa shape index (κ1) is 30.0. The molecule has 0 aromatic heterocycles. The summed E-state index contributed by atoms with van der Waals surface area (Å²) in [7, 11) is 3.77. The van der Waals surface area contributed by atoms with Gasteiger partial charge in [-0.15, -0.1) is 0 Å². The number of aliphatic imine (C=N–C) groups is 1. The third-order valence-electron chi connectivity index (χ3n) is 8.07. The molecule has 0 radical (unpaired) electrons. The smallest absolute Gasteiger partial charge is 0.262 e. The van der Waals surface area contributed by atoms with Gasteiger partial charge in [-0.25, -0.2) is 4.99 Å². The van der Waals surface area contributed by atoms with Crippen LogP contribution in [0.2, 0.25) is 10.0 Å². The van der Waals surface area contributed by atoms with Gasteiger partial charge in [0.1, 0.15) is 10.4 Å². The van der Waals surface area contributed by atoms with Gasteiger partial charge in [-0.05, 0) is 81.0 Å². The average Bonchev–Trinajstić information content (AvgIpc) is 3.38. The molecule has 218 valence electrons. The quantitative estimate of drug-likeness (QED) is 0.373. The fourth-order valence-electron chi connectivity index (χ4n) is 5.99. The van der Waals surface area contributed by atoms with E-state index in [4.69, 9.17) is 28.2 Å². The fourth-order valence-corrected chi connectivity index (χ4v) is 7.60. The second kappa shape index (κ2) is 11.6. The lowest BCUT2D eigenvalue weighted by molar-refractivity contribution is -0.144. The molecular formula is C31H37Cl2N5O2S. The summed E-state index contributed by atoms with van der Waals surface area (Å²) >= 11 is 14.0. The van der Waals surface area contributed by atoms with Crippen molar-refractivity contribution in [1.82, 2.24) is 19.6 Å². The second-order valence-corrected chi connectivity index (χ2v) is 13.5. The van der Waals surface area contributed by atoms with Crippen molar-refractivity contribution >= 4 is 51.9 Å². The van der Waals surface area contributed by atoms with E-state index in [1.54, 1.807) is 0 Å². The van der Waals surface area contributed by atoms with Crippen molar-refractivity contribution in [3.05, 3.63) is 80.3 Å². The van der Waals surface area contributed by atoms with E-state index in [2.05, 4.69) is 25.7 Å². The Bertz CT molecular complexity index is 1390. The number of thioether (sulfide) groups is 1. The van der Waals surface area contributed by atoms with Crippen LogP contribution in [0.25, 0.3) is 0 Å². The van der Waals surface area contributed by atoms with Gasteiger partial charge in [-0.1, -0.05) is 61.3 Å². The number of amides is 2. The van der Waals surface area contributed by atoms with E-state index in [9.17, 15) is 9.59 Å².